The zero-order chi connectivity index (χ0) is 14.7. The second-order valence-electron chi connectivity index (χ2n) is 4.46. The van der Waals surface area contributed by atoms with E-state index < -0.39 is 4.92 Å². The number of carbonyl (C=O) groups is 1. The molecule has 1 amide bonds. The highest BCUT2D eigenvalue weighted by molar-refractivity contribution is 5.94. The van der Waals surface area contributed by atoms with E-state index in [-0.39, 0.29) is 11.6 Å². The van der Waals surface area contributed by atoms with Crippen LogP contribution in [-0.2, 0) is 6.54 Å². The molecule has 0 unspecified atom stereocenters. The number of aryl methyl sites for hydroxylation is 1. The minimum atomic E-state index is -0.462. The Morgan fingerprint density at radius 2 is 2.25 bits per heavy atom. The molecule has 0 saturated heterocycles. The third kappa shape index (κ3) is 2.82. The van der Waals surface area contributed by atoms with Crippen LogP contribution in [0.4, 0.5) is 5.69 Å². The lowest BCUT2D eigenvalue weighted by Gasteiger charge is -2.16. The van der Waals surface area contributed by atoms with Crippen molar-refractivity contribution in [3.05, 3.63) is 57.7 Å². The van der Waals surface area contributed by atoms with Gasteiger partial charge in [0.25, 0.3) is 11.6 Å². The van der Waals surface area contributed by atoms with Crippen molar-refractivity contribution < 1.29 is 9.72 Å². The minimum absolute atomic E-state index is 0.00948. The normalized spacial score (nSPS) is 10.3. The summed E-state index contributed by atoms with van der Waals surface area (Å²) in [5.74, 6) is 0.471. The Morgan fingerprint density at radius 1 is 1.50 bits per heavy atom. The summed E-state index contributed by atoms with van der Waals surface area (Å²) in [4.78, 5) is 31.0. The van der Waals surface area contributed by atoms with Crippen molar-refractivity contribution in [1.29, 1.82) is 0 Å². The van der Waals surface area contributed by atoms with Crippen molar-refractivity contribution in [2.45, 2.75) is 13.5 Å². The highest BCUT2D eigenvalue weighted by Crippen LogP contribution is 2.19. The Morgan fingerprint density at radius 3 is 2.80 bits per heavy atom. The smallest absolute Gasteiger partial charge is 0.272 e. The van der Waals surface area contributed by atoms with Crippen molar-refractivity contribution >= 4 is 11.6 Å². The molecule has 20 heavy (non-hydrogen) atoms. The number of rotatable bonds is 4. The summed E-state index contributed by atoms with van der Waals surface area (Å²) in [6.45, 7) is 1.96. The molecule has 1 aromatic heterocycles. The Bertz CT molecular complexity index is 637. The van der Waals surface area contributed by atoms with Crippen molar-refractivity contribution in [3.63, 3.8) is 0 Å². The first-order valence-corrected chi connectivity index (χ1v) is 5.98. The maximum absolute atomic E-state index is 12.2. The molecule has 0 spiro atoms. The fourth-order valence-electron chi connectivity index (χ4n) is 1.89. The first-order chi connectivity index (χ1) is 9.49. The van der Waals surface area contributed by atoms with Gasteiger partial charge in [0.1, 0.15) is 5.82 Å². The molecule has 0 aliphatic rings. The van der Waals surface area contributed by atoms with Crippen LogP contribution in [0.3, 0.4) is 0 Å². The lowest BCUT2D eigenvalue weighted by molar-refractivity contribution is -0.385. The minimum Gasteiger partial charge on any atom is -0.347 e. The zero-order valence-electron chi connectivity index (χ0n) is 11.2. The molecular formula is C13H14N4O3. The molecule has 2 aromatic rings. The molecule has 0 aliphatic heterocycles. The van der Waals surface area contributed by atoms with Gasteiger partial charge in [0.2, 0.25) is 0 Å². The highest BCUT2D eigenvalue weighted by Gasteiger charge is 2.17. The van der Waals surface area contributed by atoms with Gasteiger partial charge in [-0.05, 0) is 19.1 Å². The lowest BCUT2D eigenvalue weighted by atomic mass is 10.1. The predicted octanol–water partition coefficient (Wildman–Crippen LogP) is 1.90. The number of nitrogens with one attached hydrogen (secondary N) is 1. The molecule has 0 bridgehead atoms. The summed E-state index contributed by atoms with van der Waals surface area (Å²) in [5, 5.41) is 10.7. The molecule has 7 heteroatoms. The Labute approximate surface area is 115 Å². The van der Waals surface area contributed by atoms with E-state index in [1.54, 1.807) is 26.4 Å². The fourth-order valence-corrected chi connectivity index (χ4v) is 1.89. The van der Waals surface area contributed by atoms with Crippen molar-refractivity contribution in [1.82, 2.24) is 14.9 Å². The second-order valence-corrected chi connectivity index (χ2v) is 4.46. The number of carbonyl (C=O) groups excluding carboxylic acids is 1. The van der Waals surface area contributed by atoms with Gasteiger partial charge >= 0.3 is 0 Å². The van der Waals surface area contributed by atoms with E-state index in [0.29, 0.717) is 23.5 Å². The first kappa shape index (κ1) is 13.7. The molecule has 1 aromatic carbocycles. The number of amides is 1. The van der Waals surface area contributed by atoms with Crippen molar-refractivity contribution in [3.8, 4) is 0 Å². The summed E-state index contributed by atoms with van der Waals surface area (Å²) in [6.07, 6.45) is 3.30. The zero-order valence-corrected chi connectivity index (χ0v) is 11.2. The summed E-state index contributed by atoms with van der Waals surface area (Å²) < 4.78 is 0. The summed E-state index contributed by atoms with van der Waals surface area (Å²) in [5.41, 5.74) is 0.893. The number of hydrogen-bond acceptors (Lipinski definition) is 4. The average Bonchev–Trinajstić information content (AvgIpc) is 2.90. The van der Waals surface area contributed by atoms with Crippen LogP contribution < -0.4 is 0 Å². The number of aromatic nitrogens is 2. The molecule has 104 valence electrons. The average molecular weight is 274 g/mol. The molecule has 0 fully saturated rings. The summed E-state index contributed by atoms with van der Waals surface area (Å²) in [7, 11) is 1.65. The third-order valence-electron chi connectivity index (χ3n) is 2.93. The third-order valence-corrected chi connectivity index (χ3v) is 2.93. The van der Waals surface area contributed by atoms with E-state index in [4.69, 9.17) is 0 Å². The number of imidazole rings is 1. The number of aromatic amines is 1. The maximum atomic E-state index is 12.2. The Kier molecular flexibility index (Phi) is 3.79. The quantitative estimate of drug-likeness (QED) is 0.680. The number of nitrogens with zero attached hydrogens (tertiary/aromatic N) is 3. The van der Waals surface area contributed by atoms with Gasteiger partial charge in [0.05, 0.1) is 11.5 Å². The van der Waals surface area contributed by atoms with Gasteiger partial charge in [-0.25, -0.2) is 4.98 Å². The van der Waals surface area contributed by atoms with Crippen LogP contribution in [0.5, 0.6) is 0 Å². The summed E-state index contributed by atoms with van der Waals surface area (Å²) in [6, 6.07) is 4.34. The van der Waals surface area contributed by atoms with Gasteiger partial charge in [0, 0.05) is 36.6 Å². The van der Waals surface area contributed by atoms with Crippen LogP contribution in [0.15, 0.2) is 30.6 Å². The van der Waals surface area contributed by atoms with Gasteiger partial charge in [0.15, 0.2) is 0 Å². The SMILES string of the molecule is Cc1cc(C(=O)N(C)Cc2ncc[nH]2)ccc1[N+](=O)[O-]. The molecule has 1 heterocycles. The van der Waals surface area contributed by atoms with Crippen molar-refractivity contribution in [2.24, 2.45) is 0 Å². The monoisotopic (exact) mass is 274 g/mol. The van der Waals surface area contributed by atoms with E-state index in [1.165, 1.54) is 23.1 Å². The number of nitro benzene ring substituents is 1. The molecular weight excluding hydrogens is 260 g/mol. The van der Waals surface area contributed by atoms with E-state index >= 15 is 0 Å². The van der Waals surface area contributed by atoms with E-state index in [1.807, 2.05) is 0 Å². The Hall–Kier alpha value is -2.70. The van der Waals surface area contributed by atoms with Crippen molar-refractivity contribution in [2.75, 3.05) is 7.05 Å². The maximum Gasteiger partial charge on any atom is 0.272 e. The molecule has 2 rings (SSSR count). The molecule has 7 nitrogen and oxygen atoms in total. The van der Waals surface area contributed by atoms with Crippen LogP contribution >= 0.6 is 0 Å². The lowest BCUT2D eigenvalue weighted by Crippen LogP contribution is -2.26. The molecule has 0 atom stereocenters. The topological polar surface area (TPSA) is 92.1 Å². The Balaban J connectivity index is 2.16. The predicted molar refractivity (Wildman–Crippen MR) is 72.2 cm³/mol. The van der Waals surface area contributed by atoms with Crippen LogP contribution in [0.2, 0.25) is 0 Å². The van der Waals surface area contributed by atoms with Gasteiger partial charge in [-0.2, -0.15) is 0 Å². The van der Waals surface area contributed by atoms with Crippen LogP contribution in [0.25, 0.3) is 0 Å². The number of nitro groups is 1. The molecule has 1 N–H and O–H groups in total. The van der Waals surface area contributed by atoms with Gasteiger partial charge in [-0.1, -0.05) is 0 Å². The van der Waals surface area contributed by atoms with Crippen LogP contribution in [0, 0.1) is 17.0 Å². The van der Waals surface area contributed by atoms with Gasteiger partial charge in [-0.3, -0.25) is 14.9 Å². The first-order valence-electron chi connectivity index (χ1n) is 5.98. The largest absolute Gasteiger partial charge is 0.347 e. The van der Waals surface area contributed by atoms with Gasteiger partial charge < -0.3 is 9.88 Å². The summed E-state index contributed by atoms with van der Waals surface area (Å²) >= 11 is 0. The fraction of sp³-hybridized carbons (Fsp3) is 0.231. The van der Waals surface area contributed by atoms with Crippen LogP contribution in [-0.4, -0.2) is 32.7 Å². The number of hydrogen-bond donors (Lipinski definition) is 1. The number of H-pyrrole nitrogens is 1. The highest BCUT2D eigenvalue weighted by atomic mass is 16.6. The van der Waals surface area contributed by atoms with E-state index in [9.17, 15) is 14.9 Å². The standard InChI is InChI=1S/C13H14N4O3/c1-9-7-10(3-4-11(9)17(19)20)13(18)16(2)8-12-14-5-6-15-12/h3-7H,8H2,1-2H3,(H,14,15). The van der Waals surface area contributed by atoms with Gasteiger partial charge in [-0.15, -0.1) is 0 Å². The second kappa shape index (κ2) is 5.52. The molecule has 0 radical (unpaired) electrons. The van der Waals surface area contributed by atoms with Crippen LogP contribution in [0.1, 0.15) is 21.7 Å². The molecule has 0 aliphatic carbocycles. The molecule has 0 saturated carbocycles. The van der Waals surface area contributed by atoms with E-state index in [2.05, 4.69) is 9.97 Å². The number of benzene rings is 1. The van der Waals surface area contributed by atoms with E-state index in [0.717, 1.165) is 0 Å².